The second-order valence-corrected chi connectivity index (χ2v) is 5.89. The zero-order valence-electron chi connectivity index (χ0n) is 12.1. The number of hydrogen-bond acceptors (Lipinski definition) is 2. The molecule has 2 aromatic carbocycles. The molecule has 20 heavy (non-hydrogen) atoms. The molecular formula is C17H20ClNO. The first kappa shape index (κ1) is 14.7. The molecule has 106 valence electrons. The zero-order chi connectivity index (χ0) is 14.7. The van der Waals surface area contributed by atoms with E-state index in [0.717, 1.165) is 27.5 Å². The monoisotopic (exact) mass is 289 g/mol. The summed E-state index contributed by atoms with van der Waals surface area (Å²) >= 11 is 6.00. The maximum absolute atomic E-state index is 6.00. The van der Waals surface area contributed by atoms with E-state index in [2.05, 4.69) is 13.8 Å². The van der Waals surface area contributed by atoms with Gasteiger partial charge >= 0.3 is 0 Å². The van der Waals surface area contributed by atoms with Gasteiger partial charge in [-0.3, -0.25) is 0 Å². The first-order valence-electron chi connectivity index (χ1n) is 6.75. The quantitative estimate of drug-likeness (QED) is 0.810. The van der Waals surface area contributed by atoms with Crippen molar-refractivity contribution in [2.45, 2.75) is 20.8 Å². The molecule has 0 aliphatic carbocycles. The molecule has 0 fully saturated rings. The van der Waals surface area contributed by atoms with Gasteiger partial charge in [0.05, 0.1) is 6.61 Å². The molecular weight excluding hydrogens is 270 g/mol. The fraction of sp³-hybridized carbons (Fsp3) is 0.294. The molecule has 3 heteroatoms. The maximum Gasteiger partial charge on any atom is 0.121 e. The fourth-order valence-corrected chi connectivity index (χ4v) is 2.30. The topological polar surface area (TPSA) is 35.2 Å². The van der Waals surface area contributed by atoms with E-state index in [4.69, 9.17) is 22.1 Å². The predicted octanol–water partition coefficient (Wildman–Crippen LogP) is 4.93. The number of nitrogens with two attached hydrogens (primary N) is 1. The Bertz CT molecular complexity index is 608. The van der Waals surface area contributed by atoms with Gasteiger partial charge in [-0.25, -0.2) is 0 Å². The van der Waals surface area contributed by atoms with Crippen molar-refractivity contribution in [1.29, 1.82) is 0 Å². The largest absolute Gasteiger partial charge is 0.493 e. The molecule has 0 spiro atoms. The first-order valence-corrected chi connectivity index (χ1v) is 7.13. The summed E-state index contributed by atoms with van der Waals surface area (Å²) in [7, 11) is 0. The molecule has 2 N–H and O–H groups in total. The van der Waals surface area contributed by atoms with Crippen molar-refractivity contribution in [2.24, 2.45) is 5.92 Å². The number of ether oxygens (including phenoxy) is 1. The van der Waals surface area contributed by atoms with Crippen LogP contribution in [-0.4, -0.2) is 6.61 Å². The second-order valence-electron chi connectivity index (χ2n) is 5.45. The Labute approximate surface area is 125 Å². The number of halogens is 1. The number of rotatable bonds is 4. The smallest absolute Gasteiger partial charge is 0.121 e. The van der Waals surface area contributed by atoms with Crippen LogP contribution in [0.25, 0.3) is 11.1 Å². The minimum Gasteiger partial charge on any atom is -0.493 e. The molecule has 0 aromatic heterocycles. The summed E-state index contributed by atoms with van der Waals surface area (Å²) in [5, 5.41) is 0.742. The Hall–Kier alpha value is -1.67. The Balaban J connectivity index is 2.36. The summed E-state index contributed by atoms with van der Waals surface area (Å²) in [6.07, 6.45) is 0. The Morgan fingerprint density at radius 3 is 2.55 bits per heavy atom. The SMILES string of the molecule is Cc1cc(Cl)ccc1-c1cc(N)cc(OCC(C)C)c1. The van der Waals surface area contributed by atoms with Crippen molar-refractivity contribution >= 4 is 17.3 Å². The molecule has 0 atom stereocenters. The molecule has 0 amide bonds. The van der Waals surface area contributed by atoms with E-state index in [1.165, 1.54) is 0 Å². The van der Waals surface area contributed by atoms with Crippen LogP contribution < -0.4 is 10.5 Å². The lowest BCUT2D eigenvalue weighted by atomic mass is 10.00. The van der Waals surface area contributed by atoms with E-state index in [-0.39, 0.29) is 0 Å². The van der Waals surface area contributed by atoms with Crippen LogP contribution in [0.3, 0.4) is 0 Å². The standard InChI is InChI=1S/C17H20ClNO/c1-11(2)10-20-16-8-13(7-15(19)9-16)17-5-4-14(18)6-12(17)3/h4-9,11H,10,19H2,1-3H3. The van der Waals surface area contributed by atoms with E-state index < -0.39 is 0 Å². The van der Waals surface area contributed by atoms with Crippen molar-refractivity contribution in [3.8, 4) is 16.9 Å². The lowest BCUT2D eigenvalue weighted by Crippen LogP contribution is -2.05. The Kier molecular flexibility index (Phi) is 4.56. The van der Waals surface area contributed by atoms with Gasteiger partial charge in [0.1, 0.15) is 5.75 Å². The molecule has 0 bridgehead atoms. The average molecular weight is 290 g/mol. The summed E-state index contributed by atoms with van der Waals surface area (Å²) < 4.78 is 5.77. The van der Waals surface area contributed by atoms with Crippen LogP contribution >= 0.6 is 11.6 Å². The third-order valence-electron chi connectivity index (χ3n) is 3.01. The van der Waals surface area contributed by atoms with Crippen molar-refractivity contribution in [1.82, 2.24) is 0 Å². The van der Waals surface area contributed by atoms with Gasteiger partial charge in [0, 0.05) is 16.8 Å². The Morgan fingerprint density at radius 1 is 1.15 bits per heavy atom. The van der Waals surface area contributed by atoms with E-state index in [1.807, 2.05) is 43.3 Å². The minimum absolute atomic E-state index is 0.483. The van der Waals surface area contributed by atoms with Crippen LogP contribution in [0.4, 0.5) is 5.69 Å². The number of hydrogen-bond donors (Lipinski definition) is 1. The molecule has 2 nitrogen and oxygen atoms in total. The molecule has 0 saturated carbocycles. The van der Waals surface area contributed by atoms with Crippen LogP contribution in [0, 0.1) is 12.8 Å². The minimum atomic E-state index is 0.483. The third-order valence-corrected chi connectivity index (χ3v) is 3.25. The lowest BCUT2D eigenvalue weighted by molar-refractivity contribution is 0.271. The summed E-state index contributed by atoms with van der Waals surface area (Å²) in [5.41, 5.74) is 9.98. The van der Waals surface area contributed by atoms with Crippen LogP contribution in [0.1, 0.15) is 19.4 Å². The van der Waals surface area contributed by atoms with Crippen molar-refractivity contribution < 1.29 is 4.74 Å². The summed E-state index contributed by atoms with van der Waals surface area (Å²) in [6, 6.07) is 11.7. The molecule has 2 aromatic rings. The number of benzene rings is 2. The molecule has 0 radical (unpaired) electrons. The van der Waals surface area contributed by atoms with Crippen LogP contribution in [-0.2, 0) is 0 Å². The number of anilines is 1. The van der Waals surface area contributed by atoms with Crippen molar-refractivity contribution in [2.75, 3.05) is 12.3 Å². The molecule has 0 unspecified atom stereocenters. The normalized spacial score (nSPS) is 10.8. The number of aryl methyl sites for hydroxylation is 1. The van der Waals surface area contributed by atoms with Gasteiger partial charge in [0.25, 0.3) is 0 Å². The van der Waals surface area contributed by atoms with Gasteiger partial charge in [-0.1, -0.05) is 31.5 Å². The van der Waals surface area contributed by atoms with E-state index in [9.17, 15) is 0 Å². The highest BCUT2D eigenvalue weighted by atomic mass is 35.5. The lowest BCUT2D eigenvalue weighted by Gasteiger charge is -2.13. The predicted molar refractivity (Wildman–Crippen MR) is 86.4 cm³/mol. The molecule has 2 rings (SSSR count). The van der Waals surface area contributed by atoms with E-state index >= 15 is 0 Å². The highest BCUT2D eigenvalue weighted by molar-refractivity contribution is 6.30. The van der Waals surface area contributed by atoms with Crippen LogP contribution in [0.15, 0.2) is 36.4 Å². The number of nitrogen functional groups attached to an aromatic ring is 1. The maximum atomic E-state index is 6.00. The zero-order valence-corrected chi connectivity index (χ0v) is 12.9. The second kappa shape index (κ2) is 6.19. The van der Waals surface area contributed by atoms with Crippen LogP contribution in [0.2, 0.25) is 5.02 Å². The third kappa shape index (κ3) is 3.67. The van der Waals surface area contributed by atoms with Gasteiger partial charge < -0.3 is 10.5 Å². The van der Waals surface area contributed by atoms with Gasteiger partial charge in [0.2, 0.25) is 0 Å². The molecule has 0 aliphatic rings. The van der Waals surface area contributed by atoms with E-state index in [0.29, 0.717) is 18.2 Å². The summed E-state index contributed by atoms with van der Waals surface area (Å²) in [5.74, 6) is 1.29. The van der Waals surface area contributed by atoms with Crippen molar-refractivity contribution in [3.05, 3.63) is 47.0 Å². The first-order chi connectivity index (χ1) is 9.45. The van der Waals surface area contributed by atoms with Crippen LogP contribution in [0.5, 0.6) is 5.75 Å². The summed E-state index contributed by atoms with van der Waals surface area (Å²) in [4.78, 5) is 0. The van der Waals surface area contributed by atoms with Gasteiger partial charge in [0.15, 0.2) is 0 Å². The molecule has 0 aliphatic heterocycles. The van der Waals surface area contributed by atoms with Gasteiger partial charge in [-0.2, -0.15) is 0 Å². The van der Waals surface area contributed by atoms with Gasteiger partial charge in [-0.05, 0) is 53.8 Å². The molecule has 0 saturated heterocycles. The van der Waals surface area contributed by atoms with Gasteiger partial charge in [-0.15, -0.1) is 0 Å². The average Bonchev–Trinajstić information content (AvgIpc) is 2.35. The van der Waals surface area contributed by atoms with Crippen molar-refractivity contribution in [3.63, 3.8) is 0 Å². The Morgan fingerprint density at radius 2 is 1.90 bits per heavy atom. The highest BCUT2D eigenvalue weighted by Gasteiger charge is 2.07. The fourth-order valence-electron chi connectivity index (χ4n) is 2.07. The summed E-state index contributed by atoms with van der Waals surface area (Å²) in [6.45, 7) is 6.97. The van der Waals surface area contributed by atoms with E-state index in [1.54, 1.807) is 0 Å². The molecule has 0 heterocycles. The highest BCUT2D eigenvalue weighted by Crippen LogP contribution is 2.31.